The fraction of sp³-hybridized carbons (Fsp3) is 0.143. The summed E-state index contributed by atoms with van der Waals surface area (Å²) >= 11 is 0. The number of nitrogens with zero attached hydrogens (tertiary/aromatic N) is 1. The van der Waals surface area contributed by atoms with Crippen molar-refractivity contribution in [1.82, 2.24) is 4.98 Å². The minimum absolute atomic E-state index is 0.342. The highest BCUT2D eigenvalue weighted by atomic mass is 19.1. The van der Waals surface area contributed by atoms with Crippen molar-refractivity contribution in [1.29, 1.82) is 0 Å². The standard InChI is InChI=1S/C14H12FNO2/c15-11-6-7-13(16-9-11)12(14(17)18)8-10-4-2-1-3-5-10/h1-7,9,12H,8H2,(H,17,18). The molecule has 0 saturated carbocycles. The summed E-state index contributed by atoms with van der Waals surface area (Å²) in [5.41, 5.74) is 1.28. The predicted octanol–water partition coefficient (Wildman–Crippen LogP) is 2.63. The van der Waals surface area contributed by atoms with Gasteiger partial charge in [-0.2, -0.15) is 0 Å². The highest BCUT2D eigenvalue weighted by Gasteiger charge is 2.21. The second-order valence-electron chi connectivity index (χ2n) is 3.98. The van der Waals surface area contributed by atoms with Crippen molar-refractivity contribution in [3.63, 3.8) is 0 Å². The summed E-state index contributed by atoms with van der Waals surface area (Å²) in [5.74, 6) is -2.19. The summed E-state index contributed by atoms with van der Waals surface area (Å²) in [6, 6.07) is 11.9. The van der Waals surface area contributed by atoms with Crippen molar-refractivity contribution in [2.24, 2.45) is 0 Å². The molecule has 1 heterocycles. The lowest BCUT2D eigenvalue weighted by atomic mass is 9.96. The monoisotopic (exact) mass is 245 g/mol. The number of aromatic nitrogens is 1. The molecule has 92 valence electrons. The molecule has 0 radical (unpaired) electrons. The molecule has 0 aliphatic carbocycles. The van der Waals surface area contributed by atoms with Gasteiger partial charge in [-0.15, -0.1) is 0 Å². The number of carboxylic acid groups (broad SMARTS) is 1. The molecule has 4 heteroatoms. The largest absolute Gasteiger partial charge is 0.481 e. The van der Waals surface area contributed by atoms with Crippen LogP contribution in [-0.4, -0.2) is 16.1 Å². The fourth-order valence-corrected chi connectivity index (χ4v) is 1.76. The highest BCUT2D eigenvalue weighted by Crippen LogP contribution is 2.19. The number of benzene rings is 1. The second-order valence-corrected chi connectivity index (χ2v) is 3.98. The van der Waals surface area contributed by atoms with Crippen LogP contribution in [0.1, 0.15) is 17.2 Å². The van der Waals surface area contributed by atoms with Crippen molar-refractivity contribution >= 4 is 5.97 Å². The smallest absolute Gasteiger partial charge is 0.312 e. The van der Waals surface area contributed by atoms with Gasteiger partial charge in [0.15, 0.2) is 0 Å². The topological polar surface area (TPSA) is 50.2 Å². The number of carboxylic acids is 1. The molecule has 18 heavy (non-hydrogen) atoms. The lowest BCUT2D eigenvalue weighted by molar-refractivity contribution is -0.138. The maximum absolute atomic E-state index is 12.8. The van der Waals surface area contributed by atoms with Crippen molar-refractivity contribution in [3.8, 4) is 0 Å². The van der Waals surface area contributed by atoms with E-state index < -0.39 is 17.7 Å². The summed E-state index contributed by atoms with van der Waals surface area (Å²) in [5, 5.41) is 9.22. The molecular formula is C14H12FNO2. The normalized spacial score (nSPS) is 12.1. The summed E-state index contributed by atoms with van der Waals surface area (Å²) in [4.78, 5) is 15.1. The van der Waals surface area contributed by atoms with E-state index >= 15 is 0 Å². The summed E-state index contributed by atoms with van der Waals surface area (Å²) in [7, 11) is 0. The van der Waals surface area contributed by atoms with Gasteiger partial charge in [-0.05, 0) is 24.1 Å². The molecule has 0 saturated heterocycles. The third kappa shape index (κ3) is 2.91. The average Bonchev–Trinajstić information content (AvgIpc) is 2.38. The molecule has 1 N–H and O–H groups in total. The molecule has 0 fully saturated rings. The second kappa shape index (κ2) is 5.40. The Morgan fingerprint density at radius 2 is 1.94 bits per heavy atom. The number of aliphatic carboxylic acids is 1. The van der Waals surface area contributed by atoms with Crippen LogP contribution in [0, 0.1) is 5.82 Å². The van der Waals surface area contributed by atoms with Crippen LogP contribution in [0.25, 0.3) is 0 Å². The number of hydrogen-bond donors (Lipinski definition) is 1. The van der Waals surface area contributed by atoms with E-state index in [1.165, 1.54) is 12.1 Å². The van der Waals surface area contributed by atoms with E-state index in [9.17, 15) is 14.3 Å². The Labute approximate surface area is 104 Å². The van der Waals surface area contributed by atoms with Crippen molar-refractivity contribution in [3.05, 3.63) is 65.7 Å². The van der Waals surface area contributed by atoms with Gasteiger partial charge >= 0.3 is 5.97 Å². The van der Waals surface area contributed by atoms with Crippen molar-refractivity contribution < 1.29 is 14.3 Å². The molecule has 2 aromatic rings. The highest BCUT2D eigenvalue weighted by molar-refractivity contribution is 5.75. The van der Waals surface area contributed by atoms with Crippen molar-refractivity contribution in [2.75, 3.05) is 0 Å². The van der Waals surface area contributed by atoms with E-state index in [1.54, 1.807) is 0 Å². The van der Waals surface area contributed by atoms with Crippen molar-refractivity contribution in [2.45, 2.75) is 12.3 Å². The first-order valence-corrected chi connectivity index (χ1v) is 5.55. The lowest BCUT2D eigenvalue weighted by Gasteiger charge is -2.11. The average molecular weight is 245 g/mol. The molecule has 0 spiro atoms. The zero-order valence-corrected chi connectivity index (χ0v) is 9.58. The molecule has 0 bridgehead atoms. The first kappa shape index (κ1) is 12.2. The van der Waals surface area contributed by atoms with Gasteiger partial charge in [-0.1, -0.05) is 30.3 Å². The molecule has 1 unspecified atom stereocenters. The zero-order chi connectivity index (χ0) is 13.0. The Bertz CT molecular complexity index is 525. The maximum Gasteiger partial charge on any atom is 0.312 e. The maximum atomic E-state index is 12.8. The quantitative estimate of drug-likeness (QED) is 0.900. The molecule has 3 nitrogen and oxygen atoms in total. The van der Waals surface area contributed by atoms with E-state index in [0.29, 0.717) is 12.1 Å². The van der Waals surface area contributed by atoms with E-state index in [4.69, 9.17) is 0 Å². The Morgan fingerprint density at radius 1 is 1.22 bits per heavy atom. The van der Waals surface area contributed by atoms with Crippen LogP contribution < -0.4 is 0 Å². The molecule has 1 atom stereocenters. The van der Waals surface area contributed by atoms with Crippen LogP contribution in [0.2, 0.25) is 0 Å². The zero-order valence-electron chi connectivity index (χ0n) is 9.58. The van der Waals surface area contributed by atoms with Gasteiger partial charge in [0.1, 0.15) is 11.7 Å². The Morgan fingerprint density at radius 3 is 2.50 bits per heavy atom. The molecule has 1 aromatic carbocycles. The lowest BCUT2D eigenvalue weighted by Crippen LogP contribution is -2.15. The van der Waals surface area contributed by atoms with Crippen LogP contribution in [0.15, 0.2) is 48.7 Å². The van der Waals surface area contributed by atoms with E-state index in [-0.39, 0.29) is 0 Å². The van der Waals surface area contributed by atoms with Gasteiger partial charge in [-0.3, -0.25) is 9.78 Å². The SMILES string of the molecule is O=C(O)C(Cc1ccccc1)c1ccc(F)cn1. The third-order valence-corrected chi connectivity index (χ3v) is 2.69. The van der Waals surface area contributed by atoms with Crippen LogP contribution in [-0.2, 0) is 11.2 Å². The number of pyridine rings is 1. The summed E-state index contributed by atoms with van der Waals surface area (Å²) in [6.45, 7) is 0. The Balaban J connectivity index is 2.24. The van der Waals surface area contributed by atoms with Crippen LogP contribution in [0.5, 0.6) is 0 Å². The first-order chi connectivity index (χ1) is 8.66. The minimum Gasteiger partial charge on any atom is -0.481 e. The number of carbonyl (C=O) groups is 1. The first-order valence-electron chi connectivity index (χ1n) is 5.55. The van der Waals surface area contributed by atoms with Gasteiger partial charge in [0, 0.05) is 0 Å². The van der Waals surface area contributed by atoms with Crippen LogP contribution in [0.3, 0.4) is 0 Å². The van der Waals surface area contributed by atoms with Gasteiger partial charge in [0.25, 0.3) is 0 Å². The molecule has 1 aromatic heterocycles. The molecule has 2 rings (SSSR count). The van der Waals surface area contributed by atoms with Gasteiger partial charge in [0.2, 0.25) is 0 Å². The van der Waals surface area contributed by atoms with Crippen LogP contribution >= 0.6 is 0 Å². The fourth-order valence-electron chi connectivity index (χ4n) is 1.76. The molecular weight excluding hydrogens is 233 g/mol. The summed E-state index contributed by atoms with van der Waals surface area (Å²) in [6.07, 6.45) is 1.38. The summed E-state index contributed by atoms with van der Waals surface area (Å²) < 4.78 is 12.8. The van der Waals surface area contributed by atoms with Gasteiger partial charge < -0.3 is 5.11 Å². The minimum atomic E-state index is -0.960. The molecule has 0 aliphatic heterocycles. The predicted molar refractivity (Wildman–Crippen MR) is 64.7 cm³/mol. The van der Waals surface area contributed by atoms with E-state index in [0.717, 1.165) is 11.8 Å². The molecule has 0 aliphatic rings. The van der Waals surface area contributed by atoms with Gasteiger partial charge in [-0.25, -0.2) is 4.39 Å². The van der Waals surface area contributed by atoms with E-state index in [2.05, 4.69) is 4.98 Å². The number of hydrogen-bond acceptors (Lipinski definition) is 2. The Kier molecular flexibility index (Phi) is 3.67. The van der Waals surface area contributed by atoms with Gasteiger partial charge in [0.05, 0.1) is 11.9 Å². The van der Waals surface area contributed by atoms with E-state index in [1.807, 2.05) is 30.3 Å². The number of rotatable bonds is 4. The Hall–Kier alpha value is -2.23. The third-order valence-electron chi connectivity index (χ3n) is 2.69. The molecule has 0 amide bonds. The number of halogens is 1. The van der Waals surface area contributed by atoms with Crippen LogP contribution in [0.4, 0.5) is 4.39 Å².